The van der Waals surface area contributed by atoms with Gasteiger partial charge in [-0.1, -0.05) is 13.8 Å². The summed E-state index contributed by atoms with van der Waals surface area (Å²) in [5.41, 5.74) is -0.677. The lowest BCUT2D eigenvalue weighted by atomic mass is 9.87. The number of guanidine groups is 1. The summed E-state index contributed by atoms with van der Waals surface area (Å²) in [4.78, 5) is 15.7. The van der Waals surface area contributed by atoms with Gasteiger partial charge in [0.1, 0.15) is 5.54 Å². The number of methoxy groups -OCH3 is 1. The van der Waals surface area contributed by atoms with Crippen molar-refractivity contribution in [2.24, 2.45) is 10.9 Å². The molecule has 0 saturated carbocycles. The Bertz CT molecular complexity index is 263. The number of amides is 1. The molecule has 1 heterocycles. The van der Waals surface area contributed by atoms with Crippen LogP contribution in [0.15, 0.2) is 4.99 Å². The smallest absolute Gasteiger partial charge is 0.255 e. The molecule has 1 aliphatic rings. The molecule has 1 saturated heterocycles. The minimum atomic E-state index is -0.677. The third-order valence-corrected chi connectivity index (χ3v) is 2.56. The number of hydrogen-bond donors (Lipinski definition) is 2. The Kier molecular flexibility index (Phi) is 3.10. The first-order chi connectivity index (χ1) is 6.56. The molecule has 5 nitrogen and oxygen atoms in total. The van der Waals surface area contributed by atoms with Gasteiger partial charge in [-0.25, -0.2) is 0 Å². The lowest BCUT2D eigenvalue weighted by Crippen LogP contribution is -2.55. The van der Waals surface area contributed by atoms with Crippen molar-refractivity contribution >= 4 is 11.9 Å². The molecule has 1 unspecified atom stereocenters. The fraction of sp³-hybridized carbons (Fsp3) is 0.778. The standard InChI is InChI=1S/C9H17N3O2/c1-6(2)9(5-14-4)7(13)11-8(10-3)12-9/h6H,5H2,1-4H3,(H2,10,11,12,13). The summed E-state index contributed by atoms with van der Waals surface area (Å²) in [5.74, 6) is 0.581. The van der Waals surface area contributed by atoms with E-state index in [9.17, 15) is 4.79 Å². The molecule has 1 fully saturated rings. The summed E-state index contributed by atoms with van der Waals surface area (Å²) < 4.78 is 5.08. The van der Waals surface area contributed by atoms with Crippen molar-refractivity contribution in [1.29, 1.82) is 0 Å². The van der Waals surface area contributed by atoms with Crippen LogP contribution in [0.3, 0.4) is 0 Å². The SMILES string of the molecule is CN=C1NC(=O)C(COC)(C(C)C)N1. The summed E-state index contributed by atoms with van der Waals surface area (Å²) in [5, 5.41) is 5.75. The van der Waals surface area contributed by atoms with Crippen molar-refractivity contribution in [2.75, 3.05) is 20.8 Å². The molecule has 0 aromatic rings. The average Bonchev–Trinajstić information content (AvgIpc) is 2.45. The Balaban J connectivity index is 2.94. The van der Waals surface area contributed by atoms with Gasteiger partial charge in [0.15, 0.2) is 5.96 Å². The molecule has 0 bridgehead atoms. The molecular formula is C9H17N3O2. The van der Waals surface area contributed by atoms with Crippen LogP contribution >= 0.6 is 0 Å². The summed E-state index contributed by atoms with van der Waals surface area (Å²) in [6, 6.07) is 0. The minimum Gasteiger partial charge on any atom is -0.382 e. The van der Waals surface area contributed by atoms with Crippen LogP contribution in [-0.4, -0.2) is 38.2 Å². The van der Waals surface area contributed by atoms with Crippen LogP contribution in [0.4, 0.5) is 0 Å². The van der Waals surface area contributed by atoms with Gasteiger partial charge < -0.3 is 10.1 Å². The summed E-state index contributed by atoms with van der Waals surface area (Å²) in [6.07, 6.45) is 0. The number of rotatable bonds is 3. The van der Waals surface area contributed by atoms with Crippen LogP contribution in [0.5, 0.6) is 0 Å². The number of hydrogen-bond acceptors (Lipinski definition) is 3. The van der Waals surface area contributed by atoms with Crippen LogP contribution < -0.4 is 10.6 Å². The van der Waals surface area contributed by atoms with Gasteiger partial charge >= 0.3 is 0 Å². The second-order valence-electron chi connectivity index (χ2n) is 3.71. The number of aliphatic imine (C=N–C) groups is 1. The quantitative estimate of drug-likeness (QED) is 0.658. The average molecular weight is 199 g/mol. The van der Waals surface area contributed by atoms with E-state index in [1.54, 1.807) is 14.2 Å². The zero-order valence-corrected chi connectivity index (χ0v) is 9.05. The van der Waals surface area contributed by atoms with Crippen LogP contribution in [0.1, 0.15) is 13.8 Å². The number of nitrogens with one attached hydrogen (secondary N) is 2. The van der Waals surface area contributed by atoms with E-state index < -0.39 is 5.54 Å². The molecule has 1 amide bonds. The number of ether oxygens (including phenoxy) is 1. The molecule has 0 aromatic carbocycles. The first kappa shape index (κ1) is 11.0. The van der Waals surface area contributed by atoms with Gasteiger partial charge in [0, 0.05) is 14.2 Å². The Morgan fingerprint density at radius 1 is 1.57 bits per heavy atom. The van der Waals surface area contributed by atoms with Crippen LogP contribution in [-0.2, 0) is 9.53 Å². The predicted octanol–water partition coefficient (Wildman–Crippen LogP) is -0.267. The number of carbonyl (C=O) groups is 1. The summed E-state index contributed by atoms with van der Waals surface area (Å²) in [7, 11) is 3.21. The molecule has 80 valence electrons. The van der Waals surface area contributed by atoms with E-state index >= 15 is 0 Å². The van der Waals surface area contributed by atoms with Gasteiger partial charge in [-0.3, -0.25) is 15.1 Å². The molecule has 0 radical (unpaired) electrons. The Hall–Kier alpha value is -1.10. The van der Waals surface area contributed by atoms with E-state index in [1.807, 2.05) is 13.8 Å². The molecule has 1 rings (SSSR count). The molecule has 1 aliphatic heterocycles. The monoisotopic (exact) mass is 199 g/mol. The maximum Gasteiger partial charge on any atom is 0.255 e. The van der Waals surface area contributed by atoms with Gasteiger partial charge in [-0.15, -0.1) is 0 Å². The lowest BCUT2D eigenvalue weighted by molar-refractivity contribution is -0.127. The third-order valence-electron chi connectivity index (χ3n) is 2.56. The van der Waals surface area contributed by atoms with Crippen molar-refractivity contribution < 1.29 is 9.53 Å². The molecule has 0 aromatic heterocycles. The van der Waals surface area contributed by atoms with E-state index in [4.69, 9.17) is 4.74 Å². The van der Waals surface area contributed by atoms with Crippen molar-refractivity contribution in [3.63, 3.8) is 0 Å². The molecule has 2 N–H and O–H groups in total. The van der Waals surface area contributed by atoms with Crippen LogP contribution in [0.2, 0.25) is 0 Å². The number of nitrogens with zero attached hydrogens (tertiary/aromatic N) is 1. The predicted molar refractivity (Wildman–Crippen MR) is 54.1 cm³/mol. The zero-order chi connectivity index (χ0) is 10.8. The van der Waals surface area contributed by atoms with Gasteiger partial charge in [-0.2, -0.15) is 0 Å². The topological polar surface area (TPSA) is 62.7 Å². The largest absolute Gasteiger partial charge is 0.382 e. The molecular weight excluding hydrogens is 182 g/mol. The lowest BCUT2D eigenvalue weighted by Gasteiger charge is -2.29. The first-order valence-electron chi connectivity index (χ1n) is 4.62. The highest BCUT2D eigenvalue weighted by atomic mass is 16.5. The third kappa shape index (κ3) is 1.59. The van der Waals surface area contributed by atoms with Crippen molar-refractivity contribution in [3.05, 3.63) is 0 Å². The second kappa shape index (κ2) is 3.96. The Morgan fingerprint density at radius 3 is 2.57 bits per heavy atom. The molecule has 14 heavy (non-hydrogen) atoms. The van der Waals surface area contributed by atoms with E-state index in [2.05, 4.69) is 15.6 Å². The fourth-order valence-corrected chi connectivity index (χ4v) is 1.53. The fourth-order valence-electron chi connectivity index (χ4n) is 1.53. The van der Waals surface area contributed by atoms with Gasteiger partial charge in [0.2, 0.25) is 0 Å². The van der Waals surface area contributed by atoms with Crippen LogP contribution in [0.25, 0.3) is 0 Å². The van der Waals surface area contributed by atoms with E-state index in [-0.39, 0.29) is 11.8 Å². The van der Waals surface area contributed by atoms with Gasteiger partial charge in [0.25, 0.3) is 5.91 Å². The van der Waals surface area contributed by atoms with Crippen molar-refractivity contribution in [1.82, 2.24) is 10.6 Å². The van der Waals surface area contributed by atoms with E-state index in [0.717, 1.165) is 0 Å². The highest BCUT2D eigenvalue weighted by Crippen LogP contribution is 2.21. The zero-order valence-electron chi connectivity index (χ0n) is 9.05. The normalized spacial score (nSPS) is 29.5. The Labute approximate surface area is 83.9 Å². The van der Waals surface area contributed by atoms with E-state index in [1.165, 1.54) is 0 Å². The first-order valence-corrected chi connectivity index (χ1v) is 4.62. The van der Waals surface area contributed by atoms with Gasteiger partial charge in [0.05, 0.1) is 6.61 Å². The summed E-state index contributed by atoms with van der Waals surface area (Å²) >= 11 is 0. The van der Waals surface area contributed by atoms with E-state index in [0.29, 0.717) is 12.6 Å². The number of carbonyl (C=O) groups excluding carboxylic acids is 1. The molecule has 1 atom stereocenters. The molecule has 0 spiro atoms. The second-order valence-corrected chi connectivity index (χ2v) is 3.71. The highest BCUT2D eigenvalue weighted by Gasteiger charge is 2.47. The van der Waals surface area contributed by atoms with Gasteiger partial charge in [-0.05, 0) is 5.92 Å². The summed E-state index contributed by atoms with van der Waals surface area (Å²) in [6.45, 7) is 4.30. The molecule has 0 aliphatic carbocycles. The maximum atomic E-state index is 11.8. The molecule has 5 heteroatoms. The Morgan fingerprint density at radius 2 is 2.21 bits per heavy atom. The highest BCUT2D eigenvalue weighted by molar-refractivity contribution is 6.09. The van der Waals surface area contributed by atoms with Crippen molar-refractivity contribution in [3.8, 4) is 0 Å². The maximum absolute atomic E-state index is 11.8. The van der Waals surface area contributed by atoms with Crippen LogP contribution in [0, 0.1) is 5.92 Å². The van der Waals surface area contributed by atoms with Crippen molar-refractivity contribution in [2.45, 2.75) is 19.4 Å². The minimum absolute atomic E-state index is 0.0741.